The predicted molar refractivity (Wildman–Crippen MR) is 104 cm³/mol. The highest BCUT2D eigenvalue weighted by molar-refractivity contribution is 6.25. The van der Waals surface area contributed by atoms with Gasteiger partial charge in [-0.3, -0.25) is 9.59 Å². The molecular weight excluding hydrogens is 376 g/mol. The first-order valence-electron chi connectivity index (χ1n) is 9.27. The lowest BCUT2D eigenvalue weighted by Gasteiger charge is -2.20. The number of hydrogen-bond donors (Lipinski definition) is 3. The lowest BCUT2D eigenvalue weighted by molar-refractivity contribution is -0.152. The van der Waals surface area contributed by atoms with Crippen LogP contribution in [0, 0.1) is 5.53 Å². The summed E-state index contributed by atoms with van der Waals surface area (Å²) in [5.74, 6) is -1.88. The molecule has 1 aromatic carbocycles. The van der Waals surface area contributed by atoms with Gasteiger partial charge >= 0.3 is 12.2 Å². The Bertz CT molecular complexity index is 930. The van der Waals surface area contributed by atoms with Crippen LogP contribution in [0.1, 0.15) is 26.7 Å². The average molecular weight is 401 g/mol. The SMILES string of the molecule is CC(C)OC(=O)[C@H](CCC(=O)C=[N+]=N)NC(=O)[C@@H](O)Cn1ccc2ccccc21. The number of aliphatic hydroxyl groups is 1. The third-order valence-electron chi connectivity index (χ3n) is 4.19. The molecule has 1 heterocycles. The maximum absolute atomic E-state index is 12.5. The van der Waals surface area contributed by atoms with Crippen molar-refractivity contribution in [2.24, 2.45) is 0 Å². The second-order valence-corrected chi connectivity index (χ2v) is 6.85. The zero-order valence-electron chi connectivity index (χ0n) is 16.4. The molecule has 9 heteroatoms. The second kappa shape index (κ2) is 10.3. The van der Waals surface area contributed by atoms with Crippen LogP contribution in [0.5, 0.6) is 0 Å². The van der Waals surface area contributed by atoms with E-state index in [-0.39, 0.29) is 19.4 Å². The van der Waals surface area contributed by atoms with Crippen molar-refractivity contribution in [3.63, 3.8) is 0 Å². The van der Waals surface area contributed by atoms with Gasteiger partial charge in [0.1, 0.15) is 6.04 Å². The summed E-state index contributed by atoms with van der Waals surface area (Å²) in [5.41, 5.74) is 7.54. The number of ether oxygens (including phenoxy) is 1. The van der Waals surface area contributed by atoms with Gasteiger partial charge < -0.3 is 19.7 Å². The number of nitrogens with one attached hydrogen (secondary N) is 2. The summed E-state index contributed by atoms with van der Waals surface area (Å²) in [6.45, 7) is 3.34. The van der Waals surface area contributed by atoms with E-state index in [1.165, 1.54) is 0 Å². The number of carbonyl (C=O) groups excluding carboxylic acids is 3. The Morgan fingerprint density at radius 2 is 2.00 bits per heavy atom. The number of benzene rings is 1. The number of esters is 1. The number of hydrogen-bond acceptors (Lipinski definition) is 6. The number of ketones is 1. The van der Waals surface area contributed by atoms with Crippen molar-refractivity contribution in [1.29, 1.82) is 5.53 Å². The summed E-state index contributed by atoms with van der Waals surface area (Å²) in [6, 6.07) is 8.34. The van der Waals surface area contributed by atoms with Crippen LogP contribution in [0.4, 0.5) is 0 Å². The van der Waals surface area contributed by atoms with E-state index in [1.54, 1.807) is 24.6 Å². The van der Waals surface area contributed by atoms with Crippen LogP contribution >= 0.6 is 0 Å². The van der Waals surface area contributed by atoms with Crippen molar-refractivity contribution in [2.45, 2.75) is 51.5 Å². The Labute approximate surface area is 167 Å². The van der Waals surface area contributed by atoms with E-state index in [9.17, 15) is 19.5 Å². The van der Waals surface area contributed by atoms with Crippen molar-refractivity contribution in [1.82, 2.24) is 9.88 Å². The maximum Gasteiger partial charge on any atom is 0.372 e. The van der Waals surface area contributed by atoms with Crippen LogP contribution in [0.25, 0.3) is 10.9 Å². The van der Waals surface area contributed by atoms with Gasteiger partial charge in [-0.05, 0) is 37.8 Å². The summed E-state index contributed by atoms with van der Waals surface area (Å²) >= 11 is 0. The van der Waals surface area contributed by atoms with Gasteiger partial charge in [-0.15, -0.1) is 0 Å². The standard InChI is InChI=1S/C20H24N4O5/c1-13(2)29-20(28)16(8-7-15(25)11-22-21)23-19(27)18(26)12-24-10-9-14-5-3-4-6-17(14)24/h3-6,9-11,13,16,18,21,26H,7-8,12H2,1-2H3/p+1/t16-,18-/m0/s1. The minimum atomic E-state index is -1.40. The molecule has 0 spiro atoms. The molecule has 0 unspecified atom stereocenters. The van der Waals surface area contributed by atoms with Gasteiger partial charge in [0.25, 0.3) is 5.91 Å². The highest BCUT2D eigenvalue weighted by Gasteiger charge is 2.27. The normalized spacial score (nSPS) is 12.8. The molecule has 1 aromatic heterocycles. The van der Waals surface area contributed by atoms with E-state index < -0.39 is 35.9 Å². The van der Waals surface area contributed by atoms with Crippen LogP contribution in [0.3, 0.4) is 0 Å². The van der Waals surface area contributed by atoms with E-state index in [0.717, 1.165) is 17.1 Å². The maximum atomic E-state index is 12.5. The molecule has 154 valence electrons. The predicted octanol–water partition coefficient (Wildman–Crippen LogP) is 1.10. The summed E-state index contributed by atoms with van der Waals surface area (Å²) < 4.78 is 6.87. The molecule has 0 saturated heterocycles. The van der Waals surface area contributed by atoms with Gasteiger partial charge in [0.05, 0.1) is 23.0 Å². The number of fused-ring (bicyclic) bond motifs is 1. The number of carbonyl (C=O) groups is 3. The monoisotopic (exact) mass is 401 g/mol. The lowest BCUT2D eigenvalue weighted by atomic mass is 10.1. The fourth-order valence-corrected chi connectivity index (χ4v) is 2.82. The van der Waals surface area contributed by atoms with E-state index in [2.05, 4.69) is 10.1 Å². The molecule has 0 bridgehead atoms. The highest BCUT2D eigenvalue weighted by Crippen LogP contribution is 2.15. The quantitative estimate of drug-likeness (QED) is 0.237. The second-order valence-electron chi connectivity index (χ2n) is 6.85. The Morgan fingerprint density at radius 3 is 2.69 bits per heavy atom. The van der Waals surface area contributed by atoms with Gasteiger partial charge in [-0.1, -0.05) is 18.2 Å². The van der Waals surface area contributed by atoms with Crippen molar-refractivity contribution in [3.8, 4) is 0 Å². The molecule has 0 aliphatic carbocycles. The summed E-state index contributed by atoms with van der Waals surface area (Å²) in [6.07, 6.45) is 0.679. The molecule has 2 rings (SSSR count). The third-order valence-corrected chi connectivity index (χ3v) is 4.19. The van der Waals surface area contributed by atoms with Gasteiger partial charge in [0, 0.05) is 18.1 Å². The fraction of sp³-hybridized carbons (Fsp3) is 0.400. The van der Waals surface area contributed by atoms with E-state index in [0.29, 0.717) is 0 Å². The molecule has 0 fully saturated rings. The smallest absolute Gasteiger partial charge is 0.372 e. The number of Topliss-reactive ketones (excluding diaryl/α,β-unsaturated/α-hetero) is 1. The van der Waals surface area contributed by atoms with Crippen molar-refractivity contribution >= 4 is 34.8 Å². The van der Waals surface area contributed by atoms with Crippen LogP contribution in [0.2, 0.25) is 0 Å². The van der Waals surface area contributed by atoms with Gasteiger partial charge in [0.2, 0.25) is 5.78 Å². The van der Waals surface area contributed by atoms with Crippen LogP contribution in [0.15, 0.2) is 36.5 Å². The van der Waals surface area contributed by atoms with E-state index in [1.807, 2.05) is 30.3 Å². The molecule has 0 aliphatic rings. The third kappa shape index (κ3) is 6.38. The number of nitrogens with zero attached hydrogens (tertiary/aromatic N) is 2. The molecule has 0 saturated carbocycles. The van der Waals surface area contributed by atoms with Gasteiger partial charge in [-0.25, -0.2) is 4.79 Å². The first-order valence-corrected chi connectivity index (χ1v) is 9.27. The zero-order valence-corrected chi connectivity index (χ0v) is 16.4. The Hall–Kier alpha value is -3.29. The van der Waals surface area contributed by atoms with Crippen LogP contribution < -0.4 is 5.32 Å². The molecule has 1 amide bonds. The number of rotatable bonds is 10. The van der Waals surface area contributed by atoms with E-state index in [4.69, 9.17) is 10.3 Å². The van der Waals surface area contributed by atoms with Crippen LogP contribution in [-0.2, 0) is 25.7 Å². The first-order chi connectivity index (χ1) is 13.8. The van der Waals surface area contributed by atoms with Gasteiger partial charge in [-0.2, -0.15) is 0 Å². The molecule has 3 N–H and O–H groups in total. The number of aliphatic hydroxyl groups excluding tert-OH is 1. The number of para-hydroxylation sites is 1. The fourth-order valence-electron chi connectivity index (χ4n) is 2.82. The van der Waals surface area contributed by atoms with Crippen molar-refractivity contribution in [2.75, 3.05) is 0 Å². The highest BCUT2D eigenvalue weighted by atomic mass is 16.5. The Morgan fingerprint density at radius 1 is 1.28 bits per heavy atom. The Kier molecular flexibility index (Phi) is 7.82. The lowest BCUT2D eigenvalue weighted by Crippen LogP contribution is -2.47. The minimum absolute atomic E-state index is 0.00965. The molecule has 2 aromatic rings. The van der Waals surface area contributed by atoms with Gasteiger partial charge in [0.15, 0.2) is 6.10 Å². The Balaban J connectivity index is 2.05. The molecule has 0 radical (unpaired) electrons. The molecular formula is C20H25N4O5+. The van der Waals surface area contributed by atoms with E-state index >= 15 is 0 Å². The van der Waals surface area contributed by atoms with Crippen LogP contribution in [-0.4, -0.2) is 56.6 Å². The summed E-state index contributed by atoms with van der Waals surface area (Å²) in [7, 11) is 0. The summed E-state index contributed by atoms with van der Waals surface area (Å²) in [4.78, 5) is 39.2. The largest absolute Gasteiger partial charge is 0.461 e. The molecule has 29 heavy (non-hydrogen) atoms. The van der Waals surface area contributed by atoms with Crippen molar-refractivity contribution in [3.05, 3.63) is 36.5 Å². The number of aromatic nitrogens is 1. The van der Waals surface area contributed by atoms with Crippen molar-refractivity contribution < 1.29 is 29.0 Å². The topological polar surface area (TPSA) is 136 Å². The average Bonchev–Trinajstić information content (AvgIpc) is 3.07. The molecule has 9 nitrogen and oxygen atoms in total. The first kappa shape index (κ1) is 22.0. The minimum Gasteiger partial charge on any atom is -0.461 e. The molecule has 0 aliphatic heterocycles. The molecule has 2 atom stereocenters. The number of amides is 1. The summed E-state index contributed by atoms with van der Waals surface area (Å²) in [5, 5.41) is 13.8. The zero-order chi connectivity index (χ0) is 21.4.